The highest BCUT2D eigenvalue weighted by atomic mass is 16.2. The third kappa shape index (κ3) is 6.47. The second-order valence-corrected chi connectivity index (χ2v) is 8.34. The summed E-state index contributed by atoms with van der Waals surface area (Å²) >= 11 is 0. The maximum absolute atomic E-state index is 12.7. The van der Waals surface area contributed by atoms with Gasteiger partial charge in [-0.2, -0.15) is 0 Å². The molecule has 3 rings (SSSR count). The zero-order valence-electron chi connectivity index (χ0n) is 16.9. The summed E-state index contributed by atoms with van der Waals surface area (Å²) in [6.45, 7) is 7.67. The molecule has 148 valence electrons. The third-order valence-corrected chi connectivity index (χ3v) is 6.32. The van der Waals surface area contributed by atoms with Gasteiger partial charge < -0.3 is 15.1 Å². The molecule has 1 aliphatic heterocycles. The molecule has 0 radical (unpaired) electrons. The average Bonchev–Trinajstić information content (AvgIpc) is 2.97. The van der Waals surface area contributed by atoms with Crippen LogP contribution in [0.5, 0.6) is 0 Å². The van der Waals surface area contributed by atoms with E-state index in [9.17, 15) is 4.79 Å². The van der Waals surface area contributed by atoms with E-state index >= 15 is 0 Å². The SMILES string of the molecule is C[C@H](C(=O)NC1CCCCCC1)[NH+]1CC[NH+](C/C=C/c2ccccc2)CC1. The van der Waals surface area contributed by atoms with Crippen molar-refractivity contribution < 1.29 is 14.6 Å². The van der Waals surface area contributed by atoms with Gasteiger partial charge >= 0.3 is 0 Å². The lowest BCUT2D eigenvalue weighted by molar-refractivity contribution is -1.02. The fourth-order valence-corrected chi connectivity index (χ4v) is 4.42. The lowest BCUT2D eigenvalue weighted by Gasteiger charge is -2.32. The molecule has 1 amide bonds. The first-order valence-corrected chi connectivity index (χ1v) is 10.9. The first-order chi connectivity index (χ1) is 13.2. The van der Waals surface area contributed by atoms with Crippen LogP contribution in [0.1, 0.15) is 51.0 Å². The summed E-state index contributed by atoms with van der Waals surface area (Å²) in [6.07, 6.45) is 12.0. The van der Waals surface area contributed by atoms with Crippen LogP contribution >= 0.6 is 0 Å². The van der Waals surface area contributed by atoms with E-state index < -0.39 is 0 Å². The molecule has 4 heteroatoms. The number of hydrogen-bond donors (Lipinski definition) is 3. The van der Waals surface area contributed by atoms with Crippen LogP contribution in [-0.4, -0.2) is 50.7 Å². The summed E-state index contributed by atoms with van der Waals surface area (Å²) in [5, 5.41) is 3.34. The van der Waals surface area contributed by atoms with E-state index in [1.54, 1.807) is 4.90 Å². The third-order valence-electron chi connectivity index (χ3n) is 6.32. The quantitative estimate of drug-likeness (QED) is 0.633. The minimum Gasteiger partial charge on any atom is -0.348 e. The maximum Gasteiger partial charge on any atom is 0.278 e. The van der Waals surface area contributed by atoms with Crippen molar-refractivity contribution in [2.75, 3.05) is 32.7 Å². The zero-order valence-corrected chi connectivity index (χ0v) is 16.9. The van der Waals surface area contributed by atoms with E-state index in [4.69, 9.17) is 0 Å². The van der Waals surface area contributed by atoms with Crippen molar-refractivity contribution in [2.24, 2.45) is 0 Å². The Kier molecular flexibility index (Phi) is 7.91. The molecular formula is C23H37N3O+2. The number of hydrogen-bond acceptors (Lipinski definition) is 1. The molecular weight excluding hydrogens is 334 g/mol. The highest BCUT2D eigenvalue weighted by molar-refractivity contribution is 5.80. The van der Waals surface area contributed by atoms with Crippen LogP contribution in [0, 0.1) is 0 Å². The van der Waals surface area contributed by atoms with E-state index in [2.05, 4.69) is 54.7 Å². The molecule has 2 aliphatic rings. The first-order valence-electron chi connectivity index (χ1n) is 10.9. The van der Waals surface area contributed by atoms with Gasteiger partial charge in [-0.15, -0.1) is 0 Å². The molecule has 1 aromatic carbocycles. The molecule has 0 spiro atoms. The van der Waals surface area contributed by atoms with Crippen LogP contribution in [0.3, 0.4) is 0 Å². The number of carbonyl (C=O) groups excluding carboxylic acids is 1. The second-order valence-electron chi connectivity index (χ2n) is 8.34. The fourth-order valence-electron chi connectivity index (χ4n) is 4.42. The molecule has 27 heavy (non-hydrogen) atoms. The molecule has 2 fully saturated rings. The minimum absolute atomic E-state index is 0.0784. The van der Waals surface area contributed by atoms with Crippen molar-refractivity contribution in [1.29, 1.82) is 0 Å². The van der Waals surface area contributed by atoms with Gasteiger partial charge in [-0.1, -0.05) is 62.1 Å². The molecule has 0 unspecified atom stereocenters. The number of carbonyl (C=O) groups is 1. The zero-order chi connectivity index (χ0) is 18.9. The van der Waals surface area contributed by atoms with Gasteiger partial charge in [0.2, 0.25) is 0 Å². The molecule has 1 saturated heterocycles. The summed E-state index contributed by atoms with van der Waals surface area (Å²) in [5.41, 5.74) is 1.27. The highest BCUT2D eigenvalue weighted by Crippen LogP contribution is 2.17. The normalized spacial score (nSPS) is 25.8. The van der Waals surface area contributed by atoms with Crippen molar-refractivity contribution in [3.63, 3.8) is 0 Å². The molecule has 1 aliphatic carbocycles. The predicted molar refractivity (Wildman–Crippen MR) is 111 cm³/mol. The number of benzene rings is 1. The van der Waals surface area contributed by atoms with Gasteiger partial charge in [0, 0.05) is 6.04 Å². The Bertz CT molecular complexity index is 585. The minimum atomic E-state index is 0.0784. The summed E-state index contributed by atoms with van der Waals surface area (Å²) < 4.78 is 0. The smallest absolute Gasteiger partial charge is 0.278 e. The summed E-state index contributed by atoms with van der Waals surface area (Å²) in [4.78, 5) is 15.8. The number of piperazine rings is 1. The number of amides is 1. The topological polar surface area (TPSA) is 38.0 Å². The van der Waals surface area contributed by atoms with Crippen molar-refractivity contribution >= 4 is 12.0 Å². The lowest BCUT2D eigenvalue weighted by atomic mass is 10.1. The van der Waals surface area contributed by atoms with Gasteiger partial charge in [-0.3, -0.25) is 4.79 Å². The molecule has 0 aromatic heterocycles. The van der Waals surface area contributed by atoms with E-state index in [0.29, 0.717) is 6.04 Å². The van der Waals surface area contributed by atoms with Gasteiger partial charge in [-0.25, -0.2) is 0 Å². The van der Waals surface area contributed by atoms with Crippen LogP contribution < -0.4 is 15.1 Å². The van der Waals surface area contributed by atoms with Crippen molar-refractivity contribution in [1.82, 2.24) is 5.32 Å². The van der Waals surface area contributed by atoms with Crippen LogP contribution in [0.2, 0.25) is 0 Å². The van der Waals surface area contributed by atoms with E-state index in [0.717, 1.165) is 32.7 Å². The summed E-state index contributed by atoms with van der Waals surface area (Å²) in [6, 6.07) is 11.0. The molecule has 1 atom stereocenters. The van der Waals surface area contributed by atoms with Crippen LogP contribution in [0.15, 0.2) is 36.4 Å². The van der Waals surface area contributed by atoms with Crippen molar-refractivity contribution in [3.05, 3.63) is 42.0 Å². The number of rotatable bonds is 6. The number of quaternary nitrogens is 2. The summed E-state index contributed by atoms with van der Waals surface area (Å²) in [7, 11) is 0. The van der Waals surface area contributed by atoms with Gasteiger partial charge in [0.25, 0.3) is 5.91 Å². The monoisotopic (exact) mass is 371 g/mol. The molecule has 0 bridgehead atoms. The molecule has 1 aromatic rings. The Morgan fingerprint density at radius 3 is 2.41 bits per heavy atom. The van der Waals surface area contributed by atoms with Gasteiger partial charge in [0.1, 0.15) is 26.2 Å². The Balaban J connectivity index is 1.38. The van der Waals surface area contributed by atoms with E-state index in [1.807, 2.05) is 0 Å². The predicted octanol–water partition coefficient (Wildman–Crippen LogP) is 0.711. The van der Waals surface area contributed by atoms with Crippen LogP contribution in [0.25, 0.3) is 6.08 Å². The van der Waals surface area contributed by atoms with Gasteiger partial charge in [-0.05, 0) is 31.4 Å². The Morgan fingerprint density at radius 2 is 1.74 bits per heavy atom. The second kappa shape index (κ2) is 10.6. The van der Waals surface area contributed by atoms with Gasteiger partial charge in [0.05, 0.1) is 6.54 Å². The Labute approximate surface area is 164 Å². The first kappa shape index (κ1) is 20.1. The van der Waals surface area contributed by atoms with E-state index in [1.165, 1.54) is 49.0 Å². The lowest BCUT2D eigenvalue weighted by Crippen LogP contribution is -3.30. The summed E-state index contributed by atoms with van der Waals surface area (Å²) in [5.74, 6) is 0.268. The highest BCUT2D eigenvalue weighted by Gasteiger charge is 2.31. The fraction of sp³-hybridized carbons (Fsp3) is 0.609. The standard InChI is InChI=1S/C23H35N3O/c1-20(23(27)24-22-13-7-2-3-8-14-22)26-18-16-25(17-19-26)15-9-12-21-10-5-4-6-11-21/h4-6,9-12,20,22H,2-3,7-8,13-19H2,1H3,(H,24,27)/p+2/b12-9+/t20-/m1/s1. The van der Waals surface area contributed by atoms with Crippen molar-refractivity contribution in [3.8, 4) is 0 Å². The number of nitrogens with one attached hydrogen (secondary N) is 3. The molecule has 4 nitrogen and oxygen atoms in total. The maximum atomic E-state index is 12.7. The van der Waals surface area contributed by atoms with E-state index in [-0.39, 0.29) is 11.9 Å². The Morgan fingerprint density at radius 1 is 1.07 bits per heavy atom. The van der Waals surface area contributed by atoms with Gasteiger partial charge in [0.15, 0.2) is 6.04 Å². The molecule has 1 heterocycles. The molecule has 3 N–H and O–H groups in total. The van der Waals surface area contributed by atoms with Crippen LogP contribution in [-0.2, 0) is 4.79 Å². The molecule has 1 saturated carbocycles. The van der Waals surface area contributed by atoms with Crippen molar-refractivity contribution in [2.45, 2.75) is 57.5 Å². The average molecular weight is 372 g/mol. The Hall–Kier alpha value is -1.65. The largest absolute Gasteiger partial charge is 0.348 e. The van der Waals surface area contributed by atoms with Crippen LogP contribution in [0.4, 0.5) is 0 Å².